The van der Waals surface area contributed by atoms with E-state index in [9.17, 15) is 0 Å². The minimum absolute atomic E-state index is 0.0126. The number of hydrogen-bond donors (Lipinski definition) is 1. The third-order valence-corrected chi connectivity index (χ3v) is 7.95. The van der Waals surface area contributed by atoms with E-state index in [0.717, 1.165) is 46.4 Å². The van der Waals surface area contributed by atoms with Crippen LogP contribution in [0.4, 0.5) is 11.4 Å². The second-order valence-electron chi connectivity index (χ2n) is 8.58. The van der Waals surface area contributed by atoms with Crippen LogP contribution in [-0.4, -0.2) is 34.0 Å². The second kappa shape index (κ2) is 8.66. The molecule has 6 rings (SSSR count). The topological polar surface area (TPSA) is 35.4 Å². The van der Waals surface area contributed by atoms with Crippen molar-refractivity contribution in [1.82, 2.24) is 0 Å². The van der Waals surface area contributed by atoms with E-state index in [2.05, 4.69) is 60.2 Å². The Kier molecular flexibility index (Phi) is 5.49. The molecule has 3 heterocycles. The molecule has 0 bridgehead atoms. The molecule has 0 spiro atoms. The summed E-state index contributed by atoms with van der Waals surface area (Å²) < 4.78 is 17.2. The van der Waals surface area contributed by atoms with Crippen LogP contribution in [0.1, 0.15) is 17.2 Å². The number of rotatable bonds is 2. The number of para-hydroxylation sites is 1. The number of anilines is 2. The normalized spacial score (nSPS) is 19.4. The molecule has 3 aliphatic heterocycles. The van der Waals surface area contributed by atoms with Crippen molar-refractivity contribution in [3.8, 4) is 29.1 Å². The zero-order chi connectivity index (χ0) is 23.2. The molecule has 34 heavy (non-hydrogen) atoms. The first-order chi connectivity index (χ1) is 16.6. The summed E-state index contributed by atoms with van der Waals surface area (Å²) in [6.45, 7) is 1.79. The highest BCUT2D eigenvalue weighted by atomic mass is 35.5. The highest BCUT2D eigenvalue weighted by molar-refractivity contribution is 7.99. The summed E-state index contributed by atoms with van der Waals surface area (Å²) in [6, 6.07) is 16.6. The number of ether oxygens (including phenoxy) is 3. The molecule has 3 aromatic rings. The van der Waals surface area contributed by atoms with Gasteiger partial charge in [0.15, 0.2) is 17.5 Å². The fourth-order valence-electron chi connectivity index (χ4n) is 4.92. The monoisotopic (exact) mass is 491 g/mol. The van der Waals surface area contributed by atoms with Crippen LogP contribution in [0.3, 0.4) is 0 Å². The number of halogens is 1. The van der Waals surface area contributed by atoms with Crippen molar-refractivity contribution >= 4 is 34.7 Å². The Morgan fingerprint density at radius 3 is 2.88 bits per heavy atom. The van der Waals surface area contributed by atoms with Crippen molar-refractivity contribution in [1.29, 1.82) is 0 Å². The summed E-state index contributed by atoms with van der Waals surface area (Å²) in [5.41, 5.74) is 4.59. The SMILES string of the molecule is COc1c2c(cc3c1[C@@H](C#CCN1c4ccccc4Sc4ccc(Cl)cc41)[NH+](C)CC3)OCO2. The van der Waals surface area contributed by atoms with E-state index in [4.69, 9.17) is 25.8 Å². The predicted octanol–water partition coefficient (Wildman–Crippen LogP) is 4.50. The highest BCUT2D eigenvalue weighted by Gasteiger charge is 2.35. The molecule has 0 fully saturated rings. The van der Waals surface area contributed by atoms with Gasteiger partial charge >= 0.3 is 0 Å². The lowest BCUT2D eigenvalue weighted by Gasteiger charge is -2.32. The molecular formula is C27H24ClN2O3S+. The van der Waals surface area contributed by atoms with Crippen LogP contribution >= 0.6 is 23.4 Å². The zero-order valence-corrected chi connectivity index (χ0v) is 20.6. The van der Waals surface area contributed by atoms with Crippen molar-refractivity contribution in [2.75, 3.05) is 38.9 Å². The summed E-state index contributed by atoms with van der Waals surface area (Å²) in [5.74, 6) is 9.26. The molecule has 3 aromatic carbocycles. The van der Waals surface area contributed by atoms with Gasteiger partial charge in [-0.15, -0.1) is 0 Å². The molecule has 1 unspecified atom stereocenters. The highest BCUT2D eigenvalue weighted by Crippen LogP contribution is 2.49. The number of nitrogens with zero attached hydrogens (tertiary/aromatic N) is 1. The molecule has 0 aromatic heterocycles. The Balaban J connectivity index is 1.38. The van der Waals surface area contributed by atoms with E-state index in [1.165, 1.54) is 20.3 Å². The Bertz CT molecular complexity index is 1350. The van der Waals surface area contributed by atoms with Crippen LogP contribution in [0, 0.1) is 11.8 Å². The molecule has 0 radical (unpaired) electrons. The van der Waals surface area contributed by atoms with Crippen LogP contribution in [0.2, 0.25) is 5.02 Å². The molecule has 5 nitrogen and oxygen atoms in total. The van der Waals surface area contributed by atoms with Gasteiger partial charge in [-0.3, -0.25) is 0 Å². The van der Waals surface area contributed by atoms with E-state index in [1.807, 2.05) is 12.1 Å². The lowest BCUT2D eigenvalue weighted by atomic mass is 9.91. The largest absolute Gasteiger partial charge is 0.492 e. The van der Waals surface area contributed by atoms with Gasteiger partial charge in [-0.1, -0.05) is 41.4 Å². The Hall–Kier alpha value is -2.98. The molecule has 3 aliphatic rings. The fourth-order valence-corrected chi connectivity index (χ4v) is 6.16. The van der Waals surface area contributed by atoms with E-state index >= 15 is 0 Å². The number of benzene rings is 3. The third-order valence-electron chi connectivity index (χ3n) is 6.59. The molecule has 0 aliphatic carbocycles. The number of hydrogen-bond acceptors (Lipinski definition) is 5. The van der Waals surface area contributed by atoms with Crippen LogP contribution in [0.15, 0.2) is 58.3 Å². The lowest BCUT2D eigenvalue weighted by Crippen LogP contribution is -3.10. The third kappa shape index (κ3) is 3.56. The minimum atomic E-state index is -0.0126. The van der Waals surface area contributed by atoms with Gasteiger partial charge in [0.25, 0.3) is 0 Å². The van der Waals surface area contributed by atoms with Crippen LogP contribution < -0.4 is 24.0 Å². The molecule has 7 heteroatoms. The molecule has 0 saturated heterocycles. The van der Waals surface area contributed by atoms with Crippen molar-refractivity contribution in [2.24, 2.45) is 0 Å². The van der Waals surface area contributed by atoms with Gasteiger partial charge in [0.1, 0.15) is 0 Å². The van der Waals surface area contributed by atoms with Crippen LogP contribution in [0.25, 0.3) is 0 Å². The average Bonchev–Trinajstić information content (AvgIpc) is 3.32. The maximum Gasteiger partial charge on any atom is 0.231 e. The molecule has 0 amide bonds. The number of nitrogens with one attached hydrogen (secondary N) is 1. The first-order valence-electron chi connectivity index (χ1n) is 11.3. The van der Waals surface area contributed by atoms with E-state index in [1.54, 1.807) is 18.9 Å². The van der Waals surface area contributed by atoms with Crippen molar-refractivity contribution in [3.63, 3.8) is 0 Å². The number of fused-ring (bicyclic) bond motifs is 4. The molecular weight excluding hydrogens is 468 g/mol. The first-order valence-corrected chi connectivity index (χ1v) is 12.5. The van der Waals surface area contributed by atoms with Crippen LogP contribution in [0.5, 0.6) is 17.2 Å². The number of quaternary nitrogens is 1. The van der Waals surface area contributed by atoms with Gasteiger partial charge in [0.05, 0.1) is 44.2 Å². The summed E-state index contributed by atoms with van der Waals surface area (Å²) >= 11 is 8.14. The first kappa shape index (κ1) is 21.5. The maximum absolute atomic E-state index is 6.37. The zero-order valence-electron chi connectivity index (χ0n) is 19.0. The molecule has 1 N–H and O–H groups in total. The van der Waals surface area contributed by atoms with E-state index in [0.29, 0.717) is 12.3 Å². The van der Waals surface area contributed by atoms with Crippen LogP contribution in [-0.2, 0) is 6.42 Å². The number of likely N-dealkylation sites (N-methyl/N-ethyl adjacent to an activating group) is 1. The summed E-state index contributed by atoms with van der Waals surface area (Å²) in [6.07, 6.45) is 0.953. The van der Waals surface area contributed by atoms with Crippen molar-refractivity contribution < 1.29 is 19.1 Å². The number of methoxy groups -OCH3 is 1. The smallest absolute Gasteiger partial charge is 0.231 e. The van der Waals surface area contributed by atoms with Gasteiger partial charge in [0.2, 0.25) is 12.5 Å². The van der Waals surface area contributed by atoms with Gasteiger partial charge in [-0.2, -0.15) is 0 Å². The summed E-state index contributed by atoms with van der Waals surface area (Å²) in [5, 5.41) is 0.725. The lowest BCUT2D eigenvalue weighted by molar-refractivity contribution is -0.905. The van der Waals surface area contributed by atoms with E-state index < -0.39 is 0 Å². The van der Waals surface area contributed by atoms with Gasteiger partial charge in [-0.05, 0) is 47.9 Å². The van der Waals surface area contributed by atoms with E-state index in [-0.39, 0.29) is 12.8 Å². The standard InChI is InChI=1S/C27H23ClN2O3S/c1-29-13-11-17-14-22-26(33-16-32-22)27(31-2)25(17)20(29)7-5-12-30-19-6-3-4-8-23(19)34-24-10-9-18(28)15-21(24)30/h3-4,6,8-10,14-15,20H,11-13,16H2,1-2H3/p+1/t20-/m1/s1. The minimum Gasteiger partial charge on any atom is -0.492 e. The summed E-state index contributed by atoms with van der Waals surface area (Å²) in [4.78, 5) is 6.01. The molecule has 2 atom stereocenters. The molecule has 172 valence electrons. The Labute approximate surface area is 208 Å². The second-order valence-corrected chi connectivity index (χ2v) is 10.1. The van der Waals surface area contributed by atoms with Crippen molar-refractivity contribution in [3.05, 3.63) is 64.7 Å². The fraction of sp³-hybridized carbons (Fsp3) is 0.259. The summed E-state index contributed by atoms with van der Waals surface area (Å²) in [7, 11) is 3.88. The van der Waals surface area contributed by atoms with Gasteiger partial charge in [-0.25, -0.2) is 0 Å². The Morgan fingerprint density at radius 2 is 2.00 bits per heavy atom. The predicted molar refractivity (Wildman–Crippen MR) is 134 cm³/mol. The maximum atomic E-state index is 6.37. The Morgan fingerprint density at radius 1 is 1.15 bits per heavy atom. The van der Waals surface area contributed by atoms with Crippen molar-refractivity contribution in [2.45, 2.75) is 22.3 Å². The average molecular weight is 492 g/mol. The quantitative estimate of drug-likeness (QED) is 0.534. The van der Waals surface area contributed by atoms with Gasteiger partial charge < -0.3 is 24.0 Å². The molecule has 0 saturated carbocycles. The van der Waals surface area contributed by atoms with Gasteiger partial charge in [0, 0.05) is 21.2 Å².